The number of likely N-dealkylation sites (N-methyl/N-ethyl adjacent to an activating group) is 1. The van der Waals surface area contributed by atoms with Gasteiger partial charge in [0.15, 0.2) is 0 Å². The molecule has 2 N–H and O–H groups in total. The fourth-order valence-electron chi connectivity index (χ4n) is 5.76. The van der Waals surface area contributed by atoms with E-state index in [1.54, 1.807) is 0 Å². The van der Waals surface area contributed by atoms with Crippen molar-refractivity contribution in [3.8, 4) is 17.0 Å². The summed E-state index contributed by atoms with van der Waals surface area (Å²) in [6, 6.07) is 11.2. The topological polar surface area (TPSA) is 60.9 Å². The van der Waals surface area contributed by atoms with Crippen LogP contribution in [0, 0.1) is 0 Å². The molecule has 0 unspecified atom stereocenters. The van der Waals surface area contributed by atoms with Crippen molar-refractivity contribution in [2.24, 2.45) is 0 Å². The van der Waals surface area contributed by atoms with Crippen LogP contribution in [0.15, 0.2) is 30.3 Å². The maximum atomic E-state index is 9.02. The lowest BCUT2D eigenvalue weighted by Gasteiger charge is -2.42. The van der Waals surface area contributed by atoms with Gasteiger partial charge in [0.25, 0.3) is 0 Å². The number of ether oxygens (including phenoxy) is 1. The van der Waals surface area contributed by atoms with Gasteiger partial charge in [-0.25, -0.2) is 4.98 Å². The van der Waals surface area contributed by atoms with E-state index in [1.807, 2.05) is 7.05 Å². The second kappa shape index (κ2) is 12.1. The smallest absolute Gasteiger partial charge is 0.145 e. The monoisotopic (exact) mass is 508 g/mol. The summed E-state index contributed by atoms with van der Waals surface area (Å²) in [5, 5.41) is 12.2. The molecular formula is C31H48N4O2. The van der Waals surface area contributed by atoms with Crippen LogP contribution in [-0.4, -0.2) is 74.5 Å². The van der Waals surface area contributed by atoms with Crippen molar-refractivity contribution in [1.82, 2.24) is 15.2 Å². The van der Waals surface area contributed by atoms with Gasteiger partial charge in [-0.3, -0.25) is 4.90 Å². The largest absolute Gasteiger partial charge is 0.490 e. The zero-order valence-corrected chi connectivity index (χ0v) is 23.8. The van der Waals surface area contributed by atoms with Crippen molar-refractivity contribution in [3.05, 3.63) is 41.5 Å². The van der Waals surface area contributed by atoms with Crippen LogP contribution in [0.2, 0.25) is 0 Å². The molecule has 2 aromatic rings. The molecule has 1 aliphatic carbocycles. The maximum Gasteiger partial charge on any atom is 0.145 e. The van der Waals surface area contributed by atoms with E-state index in [4.69, 9.17) is 14.8 Å². The molecule has 0 spiro atoms. The van der Waals surface area contributed by atoms with E-state index in [0.717, 1.165) is 81.4 Å². The third kappa shape index (κ3) is 6.65. The number of hydrogen-bond donors (Lipinski definition) is 2. The molecule has 0 amide bonds. The van der Waals surface area contributed by atoms with E-state index < -0.39 is 0 Å². The molecule has 0 atom stereocenters. The highest BCUT2D eigenvalue weighted by atomic mass is 16.5. The Balaban J connectivity index is 1.58. The minimum atomic E-state index is 0.152. The van der Waals surface area contributed by atoms with Crippen LogP contribution < -0.4 is 15.0 Å². The Bertz CT molecular complexity index is 1030. The predicted octanol–water partition coefficient (Wildman–Crippen LogP) is 4.98. The molecule has 6 nitrogen and oxygen atoms in total. The first kappa shape index (κ1) is 27.9. The Morgan fingerprint density at radius 2 is 1.65 bits per heavy atom. The second-order valence-corrected chi connectivity index (χ2v) is 12.1. The van der Waals surface area contributed by atoms with Crippen molar-refractivity contribution in [3.63, 3.8) is 0 Å². The zero-order chi connectivity index (χ0) is 26.5. The van der Waals surface area contributed by atoms with Gasteiger partial charge in [-0.1, -0.05) is 39.8 Å². The lowest BCUT2D eigenvalue weighted by Crippen LogP contribution is -2.46. The predicted molar refractivity (Wildman–Crippen MR) is 154 cm³/mol. The molecule has 1 saturated heterocycles. The Morgan fingerprint density at radius 3 is 2.35 bits per heavy atom. The summed E-state index contributed by atoms with van der Waals surface area (Å²) in [5.74, 6) is 1.89. The summed E-state index contributed by atoms with van der Waals surface area (Å²) in [4.78, 5) is 10.2. The summed E-state index contributed by atoms with van der Waals surface area (Å²) in [6.07, 6.45) is 5.58. The van der Waals surface area contributed by atoms with Gasteiger partial charge in [0.05, 0.1) is 0 Å². The third-order valence-electron chi connectivity index (χ3n) is 8.41. The summed E-state index contributed by atoms with van der Waals surface area (Å²) >= 11 is 0. The Morgan fingerprint density at radius 1 is 0.919 bits per heavy atom. The van der Waals surface area contributed by atoms with Crippen molar-refractivity contribution >= 4 is 5.82 Å². The van der Waals surface area contributed by atoms with Gasteiger partial charge in [0.2, 0.25) is 0 Å². The van der Waals surface area contributed by atoms with Crippen molar-refractivity contribution < 1.29 is 9.84 Å². The van der Waals surface area contributed by atoms with Crippen molar-refractivity contribution in [2.75, 3.05) is 64.4 Å². The summed E-state index contributed by atoms with van der Waals surface area (Å²) in [5.41, 5.74) is 5.36. The molecule has 0 saturated carbocycles. The average Bonchev–Trinajstić information content (AvgIpc) is 2.90. The highest BCUT2D eigenvalue weighted by Gasteiger charge is 2.37. The highest BCUT2D eigenvalue weighted by molar-refractivity contribution is 5.70. The number of rotatable bonds is 11. The van der Waals surface area contributed by atoms with Crippen LogP contribution in [-0.2, 0) is 10.8 Å². The van der Waals surface area contributed by atoms with Gasteiger partial charge in [-0.05, 0) is 85.9 Å². The molecule has 0 bridgehead atoms. The van der Waals surface area contributed by atoms with E-state index >= 15 is 0 Å². The van der Waals surface area contributed by atoms with E-state index in [0.29, 0.717) is 13.2 Å². The molecule has 1 aromatic carbocycles. The van der Waals surface area contributed by atoms with Crippen molar-refractivity contribution in [2.45, 2.75) is 70.6 Å². The molecular weight excluding hydrogens is 460 g/mol. The minimum Gasteiger partial charge on any atom is -0.490 e. The standard InChI is InChI=1S/C31H48N4O2/c1-30(2)13-14-31(3,4)26-23-24(9-10-25(26)30)29-27(37-22-15-32-5)11-12-28(33-29)35-19-17-34(18-20-35)16-7-6-8-21-36/h9-12,23,32,36H,6-8,13-22H2,1-5H3. The minimum absolute atomic E-state index is 0.152. The van der Waals surface area contributed by atoms with E-state index in [2.05, 4.69) is 73.1 Å². The van der Waals surface area contributed by atoms with Crippen LogP contribution in [0.25, 0.3) is 11.3 Å². The number of benzene rings is 1. The Labute approximate surface area is 224 Å². The van der Waals surface area contributed by atoms with Crippen LogP contribution >= 0.6 is 0 Å². The van der Waals surface area contributed by atoms with E-state index in [9.17, 15) is 0 Å². The molecule has 1 aromatic heterocycles. The first-order chi connectivity index (χ1) is 17.7. The lowest BCUT2D eigenvalue weighted by molar-refractivity contribution is 0.242. The molecule has 204 valence electrons. The Kier molecular flexibility index (Phi) is 9.15. The number of aromatic nitrogens is 1. The quantitative estimate of drug-likeness (QED) is 0.418. The number of aliphatic hydroxyl groups excluding tert-OH is 1. The molecule has 37 heavy (non-hydrogen) atoms. The Hall–Kier alpha value is -2.15. The highest BCUT2D eigenvalue weighted by Crippen LogP contribution is 2.47. The summed E-state index contributed by atoms with van der Waals surface area (Å²) < 4.78 is 6.22. The molecule has 2 aliphatic rings. The van der Waals surface area contributed by atoms with Crippen LogP contribution in [0.1, 0.15) is 70.9 Å². The molecule has 0 radical (unpaired) electrons. The van der Waals surface area contributed by atoms with Gasteiger partial charge < -0.3 is 20.1 Å². The number of nitrogens with zero attached hydrogens (tertiary/aromatic N) is 3. The molecule has 2 heterocycles. The fraction of sp³-hybridized carbons (Fsp3) is 0.645. The van der Waals surface area contributed by atoms with Gasteiger partial charge in [0, 0.05) is 44.9 Å². The van der Waals surface area contributed by atoms with Gasteiger partial charge >= 0.3 is 0 Å². The molecule has 1 aliphatic heterocycles. The van der Waals surface area contributed by atoms with Gasteiger partial charge in [-0.15, -0.1) is 0 Å². The lowest BCUT2D eigenvalue weighted by atomic mass is 9.63. The molecule has 1 fully saturated rings. The first-order valence-electron chi connectivity index (χ1n) is 14.3. The number of fused-ring (bicyclic) bond motifs is 1. The number of nitrogens with one attached hydrogen (secondary N) is 1. The third-order valence-corrected chi connectivity index (χ3v) is 8.41. The molecule has 6 heteroatoms. The molecule has 4 rings (SSSR count). The number of pyridine rings is 1. The van der Waals surface area contributed by atoms with E-state index in [1.165, 1.54) is 24.0 Å². The summed E-state index contributed by atoms with van der Waals surface area (Å²) in [6.45, 7) is 16.4. The zero-order valence-electron chi connectivity index (χ0n) is 23.8. The average molecular weight is 509 g/mol. The maximum absolute atomic E-state index is 9.02. The number of aliphatic hydroxyl groups is 1. The van der Waals surface area contributed by atoms with Crippen LogP contribution in [0.3, 0.4) is 0 Å². The second-order valence-electron chi connectivity index (χ2n) is 12.1. The SMILES string of the molecule is CNCCOc1ccc(N2CCN(CCCCCO)CC2)nc1-c1ccc2c(c1)C(C)(C)CCC2(C)C. The van der Waals surface area contributed by atoms with Crippen LogP contribution in [0.4, 0.5) is 5.82 Å². The number of unbranched alkanes of at least 4 members (excludes halogenated alkanes) is 2. The fourth-order valence-corrected chi connectivity index (χ4v) is 5.76. The number of anilines is 1. The summed E-state index contributed by atoms with van der Waals surface area (Å²) in [7, 11) is 1.95. The number of piperazine rings is 1. The van der Waals surface area contributed by atoms with E-state index in [-0.39, 0.29) is 10.8 Å². The normalized spacial score (nSPS) is 19.0. The van der Waals surface area contributed by atoms with Crippen molar-refractivity contribution in [1.29, 1.82) is 0 Å². The first-order valence-corrected chi connectivity index (χ1v) is 14.3. The van der Waals surface area contributed by atoms with Gasteiger partial charge in [0.1, 0.15) is 23.9 Å². The van der Waals surface area contributed by atoms with Gasteiger partial charge in [-0.2, -0.15) is 0 Å². The van der Waals surface area contributed by atoms with Crippen LogP contribution in [0.5, 0.6) is 5.75 Å². The number of hydrogen-bond acceptors (Lipinski definition) is 6.